The van der Waals surface area contributed by atoms with Crippen molar-refractivity contribution in [1.29, 1.82) is 0 Å². The topological polar surface area (TPSA) is 79.8 Å². The second-order valence-electron chi connectivity index (χ2n) is 5.02. The summed E-state index contributed by atoms with van der Waals surface area (Å²) in [5, 5.41) is 5.91. The van der Waals surface area contributed by atoms with Crippen LogP contribution in [0.3, 0.4) is 0 Å². The van der Waals surface area contributed by atoms with Gasteiger partial charge >= 0.3 is 11.8 Å². The summed E-state index contributed by atoms with van der Waals surface area (Å²) in [5.41, 5.74) is 2.67. The number of rotatable bonds is 6. The van der Waals surface area contributed by atoms with Crippen molar-refractivity contribution in [2.24, 2.45) is 5.10 Å². The van der Waals surface area contributed by atoms with Crippen LogP contribution in [0, 0.1) is 5.82 Å². The lowest BCUT2D eigenvalue weighted by atomic mass is 10.2. The molecule has 0 heterocycles. The molecule has 0 bridgehead atoms. The van der Waals surface area contributed by atoms with Gasteiger partial charge < -0.3 is 10.1 Å². The summed E-state index contributed by atoms with van der Waals surface area (Å²) in [6.07, 6.45) is 2.23. The fourth-order valence-corrected chi connectivity index (χ4v) is 1.88. The molecular weight excluding hydrogens is 325 g/mol. The third-order valence-electron chi connectivity index (χ3n) is 3.08. The Bertz CT molecular complexity index is 778. The van der Waals surface area contributed by atoms with E-state index in [1.165, 1.54) is 24.4 Å². The van der Waals surface area contributed by atoms with Gasteiger partial charge in [0, 0.05) is 5.56 Å². The average molecular weight is 343 g/mol. The molecule has 0 aromatic heterocycles. The van der Waals surface area contributed by atoms with Crippen molar-refractivity contribution >= 4 is 23.7 Å². The highest BCUT2D eigenvalue weighted by Gasteiger charge is 2.14. The molecule has 130 valence electrons. The molecule has 0 spiro atoms. The van der Waals surface area contributed by atoms with Gasteiger partial charge in [0.1, 0.15) is 11.6 Å². The van der Waals surface area contributed by atoms with E-state index in [1.54, 1.807) is 24.3 Å². The third-order valence-corrected chi connectivity index (χ3v) is 3.08. The van der Waals surface area contributed by atoms with Crippen molar-refractivity contribution in [2.45, 2.75) is 13.3 Å². The van der Waals surface area contributed by atoms with E-state index >= 15 is 0 Å². The lowest BCUT2D eigenvalue weighted by molar-refractivity contribution is -0.136. The van der Waals surface area contributed by atoms with Gasteiger partial charge in [0.25, 0.3) is 0 Å². The highest BCUT2D eigenvalue weighted by Crippen LogP contribution is 2.16. The van der Waals surface area contributed by atoms with Gasteiger partial charge in [-0.05, 0) is 30.7 Å². The molecule has 0 radical (unpaired) electrons. The molecule has 0 fully saturated rings. The standard InChI is InChI=1S/C18H18FN3O3/c1-2-11-25-16-10-6-3-7-13(16)12-20-22-18(24)17(23)21-15-9-5-4-8-14(15)19/h3-10,12H,2,11H2,1H3,(H,21,23)(H,22,24)/b20-12-. The first kappa shape index (κ1) is 18.1. The van der Waals surface area contributed by atoms with Gasteiger partial charge in [-0.2, -0.15) is 5.10 Å². The fraction of sp³-hybridized carbons (Fsp3) is 0.167. The Morgan fingerprint density at radius 3 is 2.60 bits per heavy atom. The summed E-state index contributed by atoms with van der Waals surface area (Å²) in [5.74, 6) is -2.03. The number of halogens is 1. The van der Waals surface area contributed by atoms with Crippen LogP contribution in [0.2, 0.25) is 0 Å². The van der Waals surface area contributed by atoms with Crippen molar-refractivity contribution in [3.8, 4) is 5.75 Å². The van der Waals surface area contributed by atoms with Crippen molar-refractivity contribution < 1.29 is 18.7 Å². The van der Waals surface area contributed by atoms with E-state index in [2.05, 4.69) is 15.8 Å². The van der Waals surface area contributed by atoms with Gasteiger partial charge in [-0.15, -0.1) is 0 Å². The van der Waals surface area contributed by atoms with Gasteiger partial charge in [0.2, 0.25) is 0 Å². The van der Waals surface area contributed by atoms with Crippen LogP contribution in [-0.2, 0) is 9.59 Å². The summed E-state index contributed by atoms with van der Waals surface area (Å²) < 4.78 is 19.0. The molecule has 0 saturated heterocycles. The maximum absolute atomic E-state index is 13.4. The van der Waals surface area contributed by atoms with E-state index in [1.807, 2.05) is 13.0 Å². The van der Waals surface area contributed by atoms with E-state index in [-0.39, 0.29) is 5.69 Å². The minimum Gasteiger partial charge on any atom is -0.493 e. The summed E-state index contributed by atoms with van der Waals surface area (Å²) in [7, 11) is 0. The Kier molecular flexibility index (Phi) is 6.65. The van der Waals surface area contributed by atoms with Gasteiger partial charge in [-0.3, -0.25) is 9.59 Å². The zero-order valence-electron chi connectivity index (χ0n) is 13.7. The number of ether oxygens (including phenoxy) is 1. The van der Waals surface area contributed by atoms with E-state index in [0.717, 1.165) is 6.42 Å². The maximum atomic E-state index is 13.4. The quantitative estimate of drug-likeness (QED) is 0.481. The van der Waals surface area contributed by atoms with Crippen LogP contribution in [0.5, 0.6) is 5.75 Å². The van der Waals surface area contributed by atoms with Gasteiger partial charge in [-0.25, -0.2) is 9.82 Å². The first-order valence-corrected chi connectivity index (χ1v) is 7.72. The van der Waals surface area contributed by atoms with Crippen molar-refractivity contribution in [2.75, 3.05) is 11.9 Å². The third kappa shape index (κ3) is 5.42. The zero-order chi connectivity index (χ0) is 18.1. The number of nitrogens with zero attached hydrogens (tertiary/aromatic N) is 1. The van der Waals surface area contributed by atoms with Crippen LogP contribution in [-0.4, -0.2) is 24.6 Å². The predicted molar refractivity (Wildman–Crippen MR) is 93.0 cm³/mol. The lowest BCUT2D eigenvalue weighted by Gasteiger charge is -2.07. The molecule has 2 amide bonds. The predicted octanol–water partition coefficient (Wildman–Crippen LogP) is 2.70. The summed E-state index contributed by atoms with van der Waals surface area (Å²) in [4.78, 5) is 23.4. The first-order valence-electron chi connectivity index (χ1n) is 7.72. The number of nitrogens with one attached hydrogen (secondary N) is 2. The van der Waals surface area contributed by atoms with E-state index in [4.69, 9.17) is 4.74 Å². The number of para-hydroxylation sites is 2. The second kappa shape index (κ2) is 9.17. The Balaban J connectivity index is 1.94. The minimum atomic E-state index is -1.02. The Morgan fingerprint density at radius 1 is 1.12 bits per heavy atom. The number of hydrogen-bond donors (Lipinski definition) is 2. The molecule has 0 unspecified atom stereocenters. The first-order chi connectivity index (χ1) is 12.1. The second-order valence-corrected chi connectivity index (χ2v) is 5.02. The smallest absolute Gasteiger partial charge is 0.329 e. The van der Waals surface area contributed by atoms with E-state index in [9.17, 15) is 14.0 Å². The highest BCUT2D eigenvalue weighted by molar-refractivity contribution is 6.39. The van der Waals surface area contributed by atoms with Crippen LogP contribution in [0.1, 0.15) is 18.9 Å². The molecule has 6 nitrogen and oxygen atoms in total. The van der Waals surface area contributed by atoms with Gasteiger partial charge in [-0.1, -0.05) is 31.2 Å². The number of hydrogen-bond acceptors (Lipinski definition) is 4. The Labute approximate surface area is 144 Å². The number of carbonyl (C=O) groups is 2. The number of carbonyl (C=O) groups excluding carboxylic acids is 2. The molecule has 0 aliphatic heterocycles. The van der Waals surface area contributed by atoms with E-state index < -0.39 is 17.6 Å². The zero-order valence-corrected chi connectivity index (χ0v) is 13.7. The van der Waals surface area contributed by atoms with Gasteiger partial charge in [0.05, 0.1) is 18.5 Å². The molecule has 25 heavy (non-hydrogen) atoms. The highest BCUT2D eigenvalue weighted by atomic mass is 19.1. The molecule has 0 atom stereocenters. The normalized spacial score (nSPS) is 10.5. The number of hydrazone groups is 1. The van der Waals surface area contributed by atoms with Crippen LogP contribution in [0.4, 0.5) is 10.1 Å². The van der Waals surface area contributed by atoms with E-state index in [0.29, 0.717) is 17.9 Å². The van der Waals surface area contributed by atoms with Crippen LogP contribution < -0.4 is 15.5 Å². The number of anilines is 1. The summed E-state index contributed by atoms with van der Waals surface area (Å²) >= 11 is 0. The molecular formula is C18H18FN3O3. The average Bonchev–Trinajstić information content (AvgIpc) is 2.62. The molecule has 2 N–H and O–H groups in total. The fourth-order valence-electron chi connectivity index (χ4n) is 1.88. The lowest BCUT2D eigenvalue weighted by Crippen LogP contribution is -2.32. The Morgan fingerprint density at radius 2 is 1.84 bits per heavy atom. The Hall–Kier alpha value is -3.22. The minimum absolute atomic E-state index is 0.0788. The van der Waals surface area contributed by atoms with Gasteiger partial charge in [0.15, 0.2) is 0 Å². The SMILES string of the molecule is CCCOc1ccccc1/C=N\NC(=O)C(=O)Nc1ccccc1F. The van der Waals surface area contributed by atoms with Crippen LogP contribution in [0.15, 0.2) is 53.6 Å². The molecule has 0 aliphatic rings. The van der Waals surface area contributed by atoms with Crippen molar-refractivity contribution in [3.05, 3.63) is 59.9 Å². The molecule has 0 aliphatic carbocycles. The maximum Gasteiger partial charge on any atom is 0.329 e. The van der Waals surface area contributed by atoms with Crippen molar-refractivity contribution in [3.63, 3.8) is 0 Å². The molecule has 2 rings (SSSR count). The summed E-state index contributed by atoms with van der Waals surface area (Å²) in [6.45, 7) is 2.55. The largest absolute Gasteiger partial charge is 0.493 e. The van der Waals surface area contributed by atoms with Crippen LogP contribution >= 0.6 is 0 Å². The molecule has 0 saturated carbocycles. The summed E-state index contributed by atoms with van der Waals surface area (Å²) in [6, 6.07) is 12.7. The van der Waals surface area contributed by atoms with Crippen LogP contribution in [0.25, 0.3) is 0 Å². The molecule has 7 heteroatoms. The van der Waals surface area contributed by atoms with Crippen molar-refractivity contribution in [1.82, 2.24) is 5.43 Å². The molecule has 2 aromatic carbocycles. The number of benzene rings is 2. The number of amides is 2. The monoisotopic (exact) mass is 343 g/mol. The molecule has 2 aromatic rings.